The van der Waals surface area contributed by atoms with Crippen LogP contribution in [-0.2, 0) is 48.3 Å². The number of halogens is 3. The SMILES string of the molecule is CCCC(CC(=O)OCC)n1c(=O)[nH]c2ccccc21.CCCC(CC(=O)OCC)n1c(=O)n(Cc2cc(C#N)c3cccc(C)n23)c2ccccc21.Cc1cccc2c(C#N)cc(C=O)n12.Cc1cccc2c(C#N)cc(CN(C)C)n12.Cc1cccc2c(C#N)ccn12.Cc1cccc2c1N(C[N+](C)(C)C)CN2C.Cc1cccc[n+]1CC(=O)O.Cc1ccccn1.O=C(O)CCl.[Cl-].[I-]. The van der Waals surface area contributed by atoms with E-state index in [-0.39, 0.29) is 97.1 Å². The maximum atomic E-state index is 13.7. The third-order valence-electron chi connectivity index (χ3n) is 21.6. The Kier molecular flexibility index (Phi) is 43.7. The average molecular weight is 2000 g/mol. The number of aromatic nitrogens is 10. The number of carboxylic acid groups (broad SMARTS) is 2. The molecule has 0 aliphatic carbocycles. The number of para-hydroxylation sites is 5. The van der Waals surface area contributed by atoms with Crippen LogP contribution in [-0.4, -0.2) is 166 Å². The molecule has 15 aromatic rings. The maximum absolute atomic E-state index is 13.7. The van der Waals surface area contributed by atoms with Crippen molar-refractivity contribution in [3.63, 3.8) is 0 Å². The zero-order chi connectivity index (χ0) is 98.0. The third kappa shape index (κ3) is 29.7. The van der Waals surface area contributed by atoms with Gasteiger partial charge in [0.15, 0.2) is 24.8 Å². The fourth-order valence-corrected chi connectivity index (χ4v) is 16.0. The van der Waals surface area contributed by atoms with Crippen molar-refractivity contribution in [2.75, 3.05) is 84.5 Å². The number of rotatable bonds is 22. The fraction of sp³-hybridized carbons (Fsp3) is 0.317. The van der Waals surface area contributed by atoms with Gasteiger partial charge < -0.3 is 97.8 Å². The van der Waals surface area contributed by atoms with Crippen molar-refractivity contribution in [2.45, 2.75) is 146 Å². The summed E-state index contributed by atoms with van der Waals surface area (Å²) >= 11 is 4.74. The summed E-state index contributed by atoms with van der Waals surface area (Å²) in [5, 5.41) is 52.4. The van der Waals surface area contributed by atoms with Gasteiger partial charge in [0.25, 0.3) is 0 Å². The van der Waals surface area contributed by atoms with E-state index in [1.165, 1.54) is 16.9 Å². The second-order valence-electron chi connectivity index (χ2n) is 33.3. The third-order valence-corrected chi connectivity index (χ3v) is 21.9. The summed E-state index contributed by atoms with van der Waals surface area (Å²) in [5.74, 6) is -2.66. The molecular formula is C104H121Cl2IN18O11. The van der Waals surface area contributed by atoms with Gasteiger partial charge in [0.2, 0.25) is 6.54 Å². The highest BCUT2D eigenvalue weighted by atomic mass is 127. The molecule has 0 bridgehead atoms. The number of carboxylic acids is 2. The molecule has 0 spiro atoms. The number of aromatic amines is 1. The van der Waals surface area contributed by atoms with Gasteiger partial charge in [-0.15, -0.1) is 11.6 Å². The lowest BCUT2D eigenvalue weighted by Crippen LogP contribution is -3.00. The number of alkyl halides is 1. The number of quaternary nitrogens is 1. The van der Waals surface area contributed by atoms with Crippen LogP contribution in [0.15, 0.2) is 228 Å². The predicted octanol–water partition coefficient (Wildman–Crippen LogP) is 11.4. The number of imidazole rings is 2. The number of aldehydes is 1. The number of hydrogen-bond acceptors (Lipinski definition) is 17. The van der Waals surface area contributed by atoms with Gasteiger partial charge in [0.05, 0.1) is 144 Å². The normalized spacial score (nSPS) is 11.3. The highest BCUT2D eigenvalue weighted by molar-refractivity contribution is 6.26. The molecule has 0 saturated heterocycles. The number of nitriles is 4. The minimum Gasteiger partial charge on any atom is -1.00 e. The zero-order valence-corrected chi connectivity index (χ0v) is 83.9. The number of aryl methyl sites for hydroxylation is 7. The Hall–Kier alpha value is -14.1. The molecule has 12 aromatic heterocycles. The van der Waals surface area contributed by atoms with Crippen LogP contribution in [0.25, 0.3) is 44.1 Å². The minimum absolute atomic E-state index is 0. The van der Waals surface area contributed by atoms with Crippen LogP contribution in [0.5, 0.6) is 0 Å². The number of nitrogens with zero attached hydrogens (tertiary/aromatic N) is 17. The van der Waals surface area contributed by atoms with Gasteiger partial charge in [-0.25, -0.2) is 14.4 Å². The molecule has 3 aromatic carbocycles. The summed E-state index contributed by atoms with van der Waals surface area (Å²) in [6.07, 6.45) is 9.80. The second kappa shape index (κ2) is 53.7. The van der Waals surface area contributed by atoms with Crippen molar-refractivity contribution >= 4 is 97.3 Å². The number of ether oxygens (including phenoxy) is 2. The molecule has 1 aliphatic heterocycles. The molecule has 3 N–H and O–H groups in total. The number of aliphatic carboxylic acids is 2. The Morgan fingerprint density at radius 3 is 1.57 bits per heavy atom. The lowest BCUT2D eigenvalue weighted by Gasteiger charge is -2.31. The van der Waals surface area contributed by atoms with Crippen molar-refractivity contribution in [1.29, 1.82) is 21.0 Å². The molecule has 714 valence electrons. The Labute approximate surface area is 822 Å². The highest BCUT2D eigenvalue weighted by Crippen LogP contribution is 2.38. The number of pyridine rings is 6. The lowest BCUT2D eigenvalue weighted by molar-refractivity contribution is -0.869. The molecule has 13 heterocycles. The van der Waals surface area contributed by atoms with Gasteiger partial charge in [0, 0.05) is 97.0 Å². The van der Waals surface area contributed by atoms with Gasteiger partial charge in [-0.05, 0) is 203 Å². The van der Waals surface area contributed by atoms with Crippen molar-refractivity contribution in [1.82, 2.24) is 46.2 Å². The first-order valence-electron chi connectivity index (χ1n) is 44.1. The number of H-pyrrole nitrogens is 1. The maximum Gasteiger partial charge on any atom is 0.370 e. The van der Waals surface area contributed by atoms with Crippen LogP contribution in [0, 0.1) is 93.8 Å². The van der Waals surface area contributed by atoms with E-state index in [4.69, 9.17) is 47.1 Å². The summed E-state index contributed by atoms with van der Waals surface area (Å²) in [7, 11) is 12.9. The van der Waals surface area contributed by atoms with Crippen molar-refractivity contribution in [2.24, 2.45) is 0 Å². The first-order valence-corrected chi connectivity index (χ1v) is 44.7. The number of esters is 2. The van der Waals surface area contributed by atoms with Gasteiger partial charge >= 0.3 is 35.3 Å². The average Bonchev–Trinajstić information content (AvgIpc) is 1.60. The molecule has 29 nitrogen and oxygen atoms in total. The Balaban J connectivity index is 0.000000245. The zero-order valence-electron chi connectivity index (χ0n) is 80.2. The van der Waals surface area contributed by atoms with Crippen LogP contribution in [0.2, 0.25) is 0 Å². The summed E-state index contributed by atoms with van der Waals surface area (Å²) in [5.41, 5.74) is 22.0. The highest BCUT2D eigenvalue weighted by Gasteiger charge is 2.30. The molecule has 32 heteroatoms. The van der Waals surface area contributed by atoms with Crippen LogP contribution < -0.4 is 62.1 Å². The van der Waals surface area contributed by atoms with E-state index in [1.54, 1.807) is 55.0 Å². The number of nitrogens with one attached hydrogen (secondary N) is 1. The molecule has 0 fully saturated rings. The number of fused-ring (bicyclic) bond motifs is 7. The molecule has 1 aliphatic rings. The molecule has 0 radical (unpaired) electrons. The smallest absolute Gasteiger partial charge is 0.370 e. The number of hydrogen-bond donors (Lipinski definition) is 3. The van der Waals surface area contributed by atoms with E-state index < -0.39 is 11.9 Å². The second-order valence-corrected chi connectivity index (χ2v) is 33.5. The van der Waals surface area contributed by atoms with E-state index in [2.05, 4.69) is 120 Å². The lowest BCUT2D eigenvalue weighted by atomic mass is 10.1. The summed E-state index contributed by atoms with van der Waals surface area (Å²) in [6.45, 7) is 25.6. The molecule has 136 heavy (non-hydrogen) atoms. The molecule has 2 unspecified atom stereocenters. The van der Waals surface area contributed by atoms with E-state index >= 15 is 0 Å². The Morgan fingerprint density at radius 1 is 0.581 bits per heavy atom. The predicted molar refractivity (Wildman–Crippen MR) is 525 cm³/mol. The number of carbonyl (C=O) groups excluding carboxylic acids is 3. The number of benzene rings is 3. The molecule has 0 amide bonds. The molecule has 16 rings (SSSR count). The Morgan fingerprint density at radius 2 is 1.07 bits per heavy atom. The van der Waals surface area contributed by atoms with Crippen LogP contribution >= 0.6 is 11.6 Å². The fourth-order valence-electron chi connectivity index (χ4n) is 16.0. The number of carbonyl (C=O) groups is 5. The van der Waals surface area contributed by atoms with E-state index in [0.29, 0.717) is 43.0 Å². The Bertz CT molecular complexity index is 6870. The van der Waals surface area contributed by atoms with Gasteiger partial charge in [-0.2, -0.15) is 25.6 Å². The summed E-state index contributed by atoms with van der Waals surface area (Å²) in [4.78, 5) is 93.9. The first-order chi connectivity index (χ1) is 64.1. The summed E-state index contributed by atoms with van der Waals surface area (Å²) < 4.78 is 25.9. The molecule has 0 saturated carbocycles. The largest absolute Gasteiger partial charge is 1.00 e. The topological polar surface area (TPSA) is 348 Å². The number of anilines is 2. The van der Waals surface area contributed by atoms with Crippen LogP contribution in [0.1, 0.15) is 162 Å². The van der Waals surface area contributed by atoms with E-state index in [9.17, 15) is 38.8 Å². The van der Waals surface area contributed by atoms with Crippen LogP contribution in [0.3, 0.4) is 0 Å². The molecule has 2 atom stereocenters. The first kappa shape index (κ1) is 111. The standard InChI is InChI=1S/C26H28N4O3.C15H20N2O3.C13H22N3.C13H15N3.C11H8N2O.C10H8N2.C8H9NO2.C6H7N.C2H3ClO2.ClH.HI/c1-4-9-20(15-25(31)33-5-2)30-24-12-7-6-11-23(24)28(26(30)32)17-21-14-19(16-27)22-13-8-10-18(3)29(21)22;1-3-7-11(10-14(18)20-4-2)17-13-9-6-5-8-12(13)16-15(17)19;1-11-7-6-8-12-13(11)15(9-14(12)2)10-16(3,4)5;1-10-5-4-6-13-11(8-14)7-12(16(10)13)9-15(2)3;1-8-3-2-4-11-9(6-12)5-10(7-14)13(8)11;1-8-3-2-4-10-9(7-11)5-6-12(8)10;1-7-4-2-3-5-9(7)6-8(10)11;1-6-4-2-3-5-7-6;3-1-2(4)5;;/h6-8,10-14,20H,4-5,9,15,17H2,1-3H3;5-6,8-9,11H,3-4,7,10H2,1-2H3,(H,16,19);6-8H,9-10H2,1-5H3;4-7H,9H2,1-3H3;2-5,7H,1H3;2-6H,1H3;2-5H,6H2,1H3;2-5H,1H3;1H2,(H,4,5);2*1H/q;;+1;;;;;;;;/p-1. The van der Waals surface area contributed by atoms with E-state index in [1.807, 2.05) is 247 Å². The molecular weight excluding hydrogens is 1880 g/mol. The quantitative estimate of drug-likeness (QED) is 0.0142. The van der Waals surface area contributed by atoms with E-state index in [0.717, 1.165) is 151 Å². The van der Waals surface area contributed by atoms with Crippen molar-refractivity contribution in [3.8, 4) is 24.3 Å². The van der Waals surface area contributed by atoms with Gasteiger partial charge in [0.1, 0.15) is 30.2 Å². The van der Waals surface area contributed by atoms with Crippen molar-refractivity contribution in [3.05, 3.63) is 319 Å². The van der Waals surface area contributed by atoms with Gasteiger partial charge in [-0.1, -0.05) is 99.5 Å². The van der Waals surface area contributed by atoms with Crippen LogP contribution in [0.4, 0.5) is 11.4 Å². The minimum atomic E-state index is -0.980. The van der Waals surface area contributed by atoms with Crippen molar-refractivity contribution < 1.29 is 89.1 Å². The monoisotopic (exact) mass is 1990 g/mol. The summed E-state index contributed by atoms with van der Waals surface area (Å²) in [6, 6.07) is 72.1. The van der Waals surface area contributed by atoms with Gasteiger partial charge in [-0.3, -0.25) is 37.9 Å².